The number of nitrogens with one attached hydrogen (secondary N) is 1. The van der Waals surface area contributed by atoms with Crippen molar-refractivity contribution in [1.29, 1.82) is 0 Å². The zero-order chi connectivity index (χ0) is 18.0. The quantitative estimate of drug-likeness (QED) is 0.746. The molecule has 25 heavy (non-hydrogen) atoms. The summed E-state index contributed by atoms with van der Waals surface area (Å²) in [5.74, 6) is -0.0500. The third-order valence-electron chi connectivity index (χ3n) is 4.40. The summed E-state index contributed by atoms with van der Waals surface area (Å²) in [4.78, 5) is 25.2. The third kappa shape index (κ3) is 3.93. The molecule has 2 amide bonds. The summed E-state index contributed by atoms with van der Waals surface area (Å²) >= 11 is 0. The number of amides is 2. The Labute approximate surface area is 146 Å². The van der Waals surface area contributed by atoms with Crippen LogP contribution in [0.5, 0.6) is 5.75 Å². The summed E-state index contributed by atoms with van der Waals surface area (Å²) in [7, 11) is -3.56. The number of nitrogens with zero attached hydrogens (tertiary/aromatic N) is 2. The van der Waals surface area contributed by atoms with Crippen LogP contribution in [0.25, 0.3) is 0 Å². The first kappa shape index (κ1) is 17.7. The van der Waals surface area contributed by atoms with Crippen molar-refractivity contribution < 1.29 is 22.7 Å². The standard InChI is InChI=1S/C16H21N3O5S/c1-12-2-4-13(5-3-12)24-8-9-25(22,23)18-6-7-19-14(11-18)16(21)17-10-15(19)20/h2-5,14H,6-11H2,1H3,(H,17,21). The van der Waals surface area contributed by atoms with Gasteiger partial charge in [-0.3, -0.25) is 9.59 Å². The number of rotatable bonds is 5. The van der Waals surface area contributed by atoms with Crippen LogP contribution in [0.2, 0.25) is 0 Å². The number of hydrogen-bond acceptors (Lipinski definition) is 5. The fourth-order valence-electron chi connectivity index (χ4n) is 2.94. The SMILES string of the molecule is Cc1ccc(OCCS(=O)(=O)N2CCN3C(=O)CNC(=O)C3C2)cc1. The first-order valence-electron chi connectivity index (χ1n) is 8.11. The van der Waals surface area contributed by atoms with Gasteiger partial charge in [0, 0.05) is 19.6 Å². The number of aryl methyl sites for hydroxylation is 1. The molecule has 1 atom stereocenters. The highest BCUT2D eigenvalue weighted by Gasteiger charge is 2.41. The molecule has 2 fully saturated rings. The van der Waals surface area contributed by atoms with Crippen LogP contribution < -0.4 is 10.1 Å². The fraction of sp³-hybridized carbons (Fsp3) is 0.500. The molecule has 2 aliphatic rings. The van der Waals surface area contributed by atoms with Crippen molar-refractivity contribution >= 4 is 21.8 Å². The Morgan fingerprint density at radius 2 is 1.92 bits per heavy atom. The van der Waals surface area contributed by atoms with E-state index in [4.69, 9.17) is 4.74 Å². The number of carbonyl (C=O) groups is 2. The molecule has 0 aliphatic carbocycles. The molecule has 9 heteroatoms. The third-order valence-corrected chi connectivity index (χ3v) is 6.21. The Hall–Kier alpha value is -2.13. The number of carbonyl (C=O) groups excluding carboxylic acids is 2. The number of fused-ring (bicyclic) bond motifs is 1. The number of benzene rings is 1. The molecule has 2 aliphatic heterocycles. The van der Waals surface area contributed by atoms with Crippen LogP contribution >= 0.6 is 0 Å². The van der Waals surface area contributed by atoms with Crippen molar-refractivity contribution in [3.05, 3.63) is 29.8 Å². The highest BCUT2D eigenvalue weighted by atomic mass is 32.2. The maximum atomic E-state index is 12.5. The zero-order valence-corrected chi connectivity index (χ0v) is 14.8. The summed E-state index contributed by atoms with van der Waals surface area (Å²) in [6.07, 6.45) is 0. The van der Waals surface area contributed by atoms with Crippen LogP contribution in [0.1, 0.15) is 5.56 Å². The predicted octanol–water partition coefficient (Wildman–Crippen LogP) is -0.654. The van der Waals surface area contributed by atoms with Crippen molar-refractivity contribution in [1.82, 2.24) is 14.5 Å². The Morgan fingerprint density at radius 1 is 1.20 bits per heavy atom. The maximum Gasteiger partial charge on any atom is 0.244 e. The minimum absolute atomic E-state index is 0.00949. The molecule has 0 aromatic heterocycles. The van der Waals surface area contributed by atoms with Gasteiger partial charge in [-0.15, -0.1) is 0 Å². The first-order valence-corrected chi connectivity index (χ1v) is 9.72. The lowest BCUT2D eigenvalue weighted by molar-refractivity contribution is -0.147. The molecule has 0 saturated carbocycles. The second-order valence-corrected chi connectivity index (χ2v) is 8.24. The van der Waals surface area contributed by atoms with E-state index in [0.717, 1.165) is 5.56 Å². The molecule has 1 N–H and O–H groups in total. The van der Waals surface area contributed by atoms with Gasteiger partial charge in [-0.05, 0) is 19.1 Å². The van der Waals surface area contributed by atoms with Crippen molar-refractivity contribution in [3.8, 4) is 5.75 Å². The smallest absolute Gasteiger partial charge is 0.244 e. The van der Waals surface area contributed by atoms with E-state index in [2.05, 4.69) is 5.32 Å². The highest BCUT2D eigenvalue weighted by molar-refractivity contribution is 7.89. The molecule has 2 heterocycles. The molecule has 136 valence electrons. The zero-order valence-electron chi connectivity index (χ0n) is 14.0. The van der Waals surface area contributed by atoms with Crippen LogP contribution in [0.4, 0.5) is 0 Å². The summed E-state index contributed by atoms with van der Waals surface area (Å²) in [6, 6.07) is 6.61. The molecule has 2 saturated heterocycles. The van der Waals surface area contributed by atoms with Crippen molar-refractivity contribution in [2.75, 3.05) is 38.5 Å². The number of ether oxygens (including phenoxy) is 1. The molecule has 8 nitrogen and oxygen atoms in total. The van der Waals surface area contributed by atoms with E-state index < -0.39 is 16.1 Å². The van der Waals surface area contributed by atoms with Gasteiger partial charge in [0.05, 0.1) is 12.3 Å². The summed E-state index contributed by atoms with van der Waals surface area (Å²) in [6.45, 7) is 2.38. The van der Waals surface area contributed by atoms with Gasteiger partial charge in [0.15, 0.2) is 0 Å². The van der Waals surface area contributed by atoms with E-state index in [1.165, 1.54) is 9.21 Å². The minimum Gasteiger partial charge on any atom is -0.492 e. The lowest BCUT2D eigenvalue weighted by Gasteiger charge is -2.42. The van der Waals surface area contributed by atoms with E-state index in [-0.39, 0.29) is 50.4 Å². The normalized spacial score (nSPS) is 21.6. The minimum atomic E-state index is -3.56. The van der Waals surface area contributed by atoms with Gasteiger partial charge in [-0.25, -0.2) is 8.42 Å². The van der Waals surface area contributed by atoms with Gasteiger partial charge in [-0.2, -0.15) is 4.31 Å². The van der Waals surface area contributed by atoms with Crippen molar-refractivity contribution in [2.24, 2.45) is 0 Å². The first-order chi connectivity index (χ1) is 11.9. The van der Waals surface area contributed by atoms with Crippen molar-refractivity contribution in [2.45, 2.75) is 13.0 Å². The number of hydrogen-bond donors (Lipinski definition) is 1. The van der Waals surface area contributed by atoms with E-state index >= 15 is 0 Å². The molecule has 0 radical (unpaired) electrons. The van der Waals surface area contributed by atoms with Gasteiger partial charge >= 0.3 is 0 Å². The van der Waals surface area contributed by atoms with Crippen LogP contribution in [0, 0.1) is 6.92 Å². The highest BCUT2D eigenvalue weighted by Crippen LogP contribution is 2.17. The van der Waals surface area contributed by atoms with Gasteiger partial charge in [0.25, 0.3) is 0 Å². The van der Waals surface area contributed by atoms with Gasteiger partial charge in [-0.1, -0.05) is 17.7 Å². The molecule has 3 rings (SSSR count). The summed E-state index contributed by atoms with van der Waals surface area (Å²) in [5, 5.41) is 2.50. The van der Waals surface area contributed by atoms with E-state index in [0.29, 0.717) is 5.75 Å². The second kappa shape index (κ2) is 7.01. The summed E-state index contributed by atoms with van der Waals surface area (Å²) in [5.41, 5.74) is 1.10. The van der Waals surface area contributed by atoms with E-state index in [9.17, 15) is 18.0 Å². The number of sulfonamides is 1. The Morgan fingerprint density at radius 3 is 2.64 bits per heavy atom. The van der Waals surface area contributed by atoms with Crippen molar-refractivity contribution in [3.63, 3.8) is 0 Å². The second-order valence-electron chi connectivity index (χ2n) is 6.16. The Balaban J connectivity index is 1.58. The largest absolute Gasteiger partial charge is 0.492 e. The molecule has 0 spiro atoms. The molecular weight excluding hydrogens is 346 g/mol. The molecule has 0 bridgehead atoms. The van der Waals surface area contributed by atoms with Crippen LogP contribution in [0.15, 0.2) is 24.3 Å². The maximum absolute atomic E-state index is 12.5. The lowest BCUT2D eigenvalue weighted by Crippen LogP contribution is -2.66. The van der Waals surface area contributed by atoms with Gasteiger partial charge in [0.1, 0.15) is 18.4 Å². The fourth-order valence-corrected chi connectivity index (χ4v) is 4.22. The van der Waals surface area contributed by atoms with Crippen LogP contribution in [-0.4, -0.2) is 74.0 Å². The summed E-state index contributed by atoms with van der Waals surface area (Å²) < 4.78 is 31.8. The van der Waals surface area contributed by atoms with E-state index in [1.807, 2.05) is 19.1 Å². The topological polar surface area (TPSA) is 96.0 Å². The molecule has 1 aromatic carbocycles. The molecule has 1 unspecified atom stereocenters. The van der Waals surface area contributed by atoms with Gasteiger partial charge in [0.2, 0.25) is 21.8 Å². The molecular formula is C16H21N3O5S. The van der Waals surface area contributed by atoms with E-state index in [1.54, 1.807) is 12.1 Å². The predicted molar refractivity (Wildman–Crippen MR) is 90.5 cm³/mol. The Kier molecular flexibility index (Phi) is 4.96. The van der Waals surface area contributed by atoms with Crippen LogP contribution in [0.3, 0.4) is 0 Å². The average molecular weight is 367 g/mol. The van der Waals surface area contributed by atoms with Gasteiger partial charge < -0.3 is 15.0 Å². The number of piperazine rings is 2. The lowest BCUT2D eigenvalue weighted by atomic mass is 10.1. The monoisotopic (exact) mass is 367 g/mol. The molecule has 1 aromatic rings. The van der Waals surface area contributed by atoms with Crippen LogP contribution in [-0.2, 0) is 19.6 Å². The average Bonchev–Trinajstić information content (AvgIpc) is 2.59. The Bertz CT molecular complexity index is 762.